The highest BCUT2D eigenvalue weighted by molar-refractivity contribution is 5.96. The molecule has 8 heteroatoms. The van der Waals surface area contributed by atoms with E-state index in [4.69, 9.17) is 15.9 Å². The number of hydrogen-bond acceptors (Lipinski definition) is 5. The van der Waals surface area contributed by atoms with Crippen molar-refractivity contribution in [3.63, 3.8) is 0 Å². The van der Waals surface area contributed by atoms with Crippen molar-refractivity contribution in [3.8, 4) is 11.1 Å². The zero-order valence-corrected chi connectivity index (χ0v) is 19.5. The number of aromatic amines is 1. The molecule has 1 aliphatic heterocycles. The normalized spacial score (nSPS) is 16.0. The Bertz CT molecular complexity index is 1280. The van der Waals surface area contributed by atoms with Crippen molar-refractivity contribution in [2.45, 2.75) is 25.3 Å². The zero-order chi connectivity index (χ0) is 24.9. The number of methoxy groups -OCH3 is 1. The van der Waals surface area contributed by atoms with Gasteiger partial charge in [0.2, 0.25) is 5.56 Å². The van der Waals surface area contributed by atoms with Gasteiger partial charge in [-0.15, -0.1) is 0 Å². The maximum Gasteiger partial charge on any atom is 0.311 e. The molecule has 0 aliphatic carbocycles. The highest BCUT2D eigenvalue weighted by Crippen LogP contribution is 2.30. The topological polar surface area (TPSA) is 129 Å². The van der Waals surface area contributed by atoms with E-state index < -0.39 is 5.92 Å². The molecule has 3 aromatic rings. The van der Waals surface area contributed by atoms with E-state index in [0.717, 1.165) is 23.1 Å². The molecule has 1 saturated heterocycles. The van der Waals surface area contributed by atoms with Crippen molar-refractivity contribution in [1.29, 1.82) is 5.41 Å². The second-order valence-electron chi connectivity index (χ2n) is 8.67. The van der Waals surface area contributed by atoms with Gasteiger partial charge in [0.1, 0.15) is 5.84 Å². The number of likely N-dealkylation sites (tertiary alicyclic amines) is 1. The van der Waals surface area contributed by atoms with Gasteiger partial charge in [-0.2, -0.15) is 0 Å². The fourth-order valence-electron chi connectivity index (χ4n) is 4.67. The summed E-state index contributed by atoms with van der Waals surface area (Å²) in [5.41, 5.74) is 9.17. The monoisotopic (exact) mass is 472 g/mol. The largest absolute Gasteiger partial charge is 0.469 e. The van der Waals surface area contributed by atoms with Crippen LogP contribution in [0.15, 0.2) is 71.7 Å². The van der Waals surface area contributed by atoms with Crippen molar-refractivity contribution < 1.29 is 14.3 Å². The van der Waals surface area contributed by atoms with Crippen LogP contribution in [0.2, 0.25) is 0 Å². The van der Waals surface area contributed by atoms with Gasteiger partial charge in [0.15, 0.2) is 0 Å². The molecule has 8 nitrogen and oxygen atoms in total. The zero-order valence-electron chi connectivity index (χ0n) is 19.5. The minimum absolute atomic E-state index is 0.0375. The van der Waals surface area contributed by atoms with Gasteiger partial charge >= 0.3 is 5.97 Å². The molecule has 0 spiro atoms. The summed E-state index contributed by atoms with van der Waals surface area (Å²) < 4.78 is 5.11. The Morgan fingerprint density at radius 2 is 1.86 bits per heavy atom. The third kappa shape index (κ3) is 5.32. The molecule has 0 bridgehead atoms. The number of pyridine rings is 1. The second-order valence-corrected chi connectivity index (χ2v) is 8.67. The lowest BCUT2D eigenvalue weighted by molar-refractivity contribution is -0.147. The van der Waals surface area contributed by atoms with Gasteiger partial charge in [-0.3, -0.25) is 19.8 Å². The summed E-state index contributed by atoms with van der Waals surface area (Å²) in [5, 5.41) is 7.68. The number of nitrogens with two attached hydrogens (primary N) is 1. The van der Waals surface area contributed by atoms with Crippen LogP contribution in [0.5, 0.6) is 0 Å². The van der Waals surface area contributed by atoms with Crippen molar-refractivity contribution in [1.82, 2.24) is 9.88 Å². The Morgan fingerprint density at radius 1 is 1.11 bits per heavy atom. The van der Waals surface area contributed by atoms with Crippen LogP contribution >= 0.6 is 0 Å². The first-order chi connectivity index (χ1) is 16.9. The summed E-state index contributed by atoms with van der Waals surface area (Å²) in [4.78, 5) is 42.0. The summed E-state index contributed by atoms with van der Waals surface area (Å²) in [6.45, 7) is 0.562. The number of esters is 1. The van der Waals surface area contributed by atoms with E-state index in [9.17, 15) is 14.4 Å². The lowest BCUT2D eigenvalue weighted by atomic mass is 9.89. The van der Waals surface area contributed by atoms with Crippen LogP contribution in [-0.2, 0) is 16.0 Å². The molecule has 4 rings (SSSR count). The van der Waals surface area contributed by atoms with E-state index in [1.165, 1.54) is 13.2 Å². The molecule has 180 valence electrons. The van der Waals surface area contributed by atoms with E-state index in [1.54, 1.807) is 41.4 Å². The van der Waals surface area contributed by atoms with Crippen LogP contribution in [0.3, 0.4) is 0 Å². The smallest absolute Gasteiger partial charge is 0.311 e. The predicted molar refractivity (Wildman–Crippen MR) is 133 cm³/mol. The fraction of sp³-hybridized carbons (Fsp3) is 0.259. The van der Waals surface area contributed by atoms with E-state index >= 15 is 0 Å². The van der Waals surface area contributed by atoms with E-state index in [0.29, 0.717) is 30.5 Å². The summed E-state index contributed by atoms with van der Waals surface area (Å²) in [6, 6.07) is 17.4. The summed E-state index contributed by atoms with van der Waals surface area (Å²) in [6.07, 6.45) is 3.52. The van der Waals surface area contributed by atoms with Gasteiger partial charge in [-0.1, -0.05) is 30.3 Å². The number of nitrogens with one attached hydrogen (secondary N) is 2. The Balaban J connectivity index is 1.56. The number of amidine groups is 1. The molecular weight excluding hydrogens is 444 g/mol. The Morgan fingerprint density at radius 3 is 2.51 bits per heavy atom. The minimum Gasteiger partial charge on any atom is -0.469 e. The number of benzene rings is 2. The lowest BCUT2D eigenvalue weighted by Crippen LogP contribution is -2.44. The SMILES string of the molecule is COC(=O)[C@H](Cc1cccc(C(=N)N)c1)[C@H]1CCCN1C(=O)c1ccc(-c2ccc(=O)[nH]c2)cc1. The Labute approximate surface area is 203 Å². The van der Waals surface area contributed by atoms with Crippen molar-refractivity contribution in [3.05, 3.63) is 93.9 Å². The summed E-state index contributed by atoms with van der Waals surface area (Å²) >= 11 is 0. The maximum atomic E-state index is 13.4. The van der Waals surface area contributed by atoms with Gasteiger partial charge in [-0.25, -0.2) is 0 Å². The number of amides is 1. The van der Waals surface area contributed by atoms with Crippen molar-refractivity contribution in [2.24, 2.45) is 11.7 Å². The number of hydrogen-bond donors (Lipinski definition) is 3. The van der Waals surface area contributed by atoms with Gasteiger partial charge in [0.05, 0.1) is 13.0 Å². The number of carbonyl (C=O) groups excluding carboxylic acids is 2. The molecule has 1 aliphatic rings. The average molecular weight is 473 g/mol. The number of rotatable bonds is 7. The first-order valence-corrected chi connectivity index (χ1v) is 11.5. The highest BCUT2D eigenvalue weighted by Gasteiger charge is 2.39. The van der Waals surface area contributed by atoms with Crippen LogP contribution in [0.25, 0.3) is 11.1 Å². The standard InChI is InChI=1S/C27H28N4O4/c1-35-27(34)22(15-17-4-2-5-20(14-17)25(28)29)23-6-3-13-31(23)26(33)19-9-7-18(8-10-19)21-11-12-24(32)30-16-21/h2,4-5,7-12,14,16,22-23H,3,6,13,15H2,1H3,(H3,28,29)(H,30,32)/t22-,23-/m1/s1. The molecule has 35 heavy (non-hydrogen) atoms. The predicted octanol–water partition coefficient (Wildman–Crippen LogP) is 2.96. The van der Waals surface area contributed by atoms with Gasteiger partial charge in [0.25, 0.3) is 5.91 Å². The molecular formula is C27H28N4O4. The first-order valence-electron chi connectivity index (χ1n) is 11.5. The molecule has 1 amide bonds. The van der Waals surface area contributed by atoms with Crippen molar-refractivity contribution >= 4 is 17.7 Å². The molecule has 0 saturated carbocycles. The number of carbonyl (C=O) groups is 2. The number of H-pyrrole nitrogens is 1. The molecule has 0 unspecified atom stereocenters. The maximum absolute atomic E-state index is 13.4. The second kappa shape index (κ2) is 10.4. The van der Waals surface area contributed by atoms with Crippen LogP contribution in [0, 0.1) is 11.3 Å². The third-order valence-electron chi connectivity index (χ3n) is 6.47. The van der Waals surface area contributed by atoms with E-state index in [2.05, 4.69) is 4.98 Å². The average Bonchev–Trinajstić information content (AvgIpc) is 3.36. The number of aromatic nitrogens is 1. The molecule has 2 heterocycles. The Kier molecular flexibility index (Phi) is 7.10. The van der Waals surface area contributed by atoms with Gasteiger partial charge in [-0.05, 0) is 60.2 Å². The lowest BCUT2D eigenvalue weighted by Gasteiger charge is -2.30. The van der Waals surface area contributed by atoms with E-state index in [-0.39, 0.29) is 29.3 Å². The van der Waals surface area contributed by atoms with E-state index in [1.807, 2.05) is 24.3 Å². The number of ether oxygens (including phenoxy) is 1. The van der Waals surface area contributed by atoms with Crippen LogP contribution < -0.4 is 11.3 Å². The van der Waals surface area contributed by atoms with Crippen LogP contribution in [-0.4, -0.2) is 47.3 Å². The third-order valence-corrected chi connectivity index (χ3v) is 6.47. The highest BCUT2D eigenvalue weighted by atomic mass is 16.5. The quantitative estimate of drug-likeness (QED) is 0.277. The molecule has 4 N–H and O–H groups in total. The molecule has 1 aromatic heterocycles. The molecule has 2 atom stereocenters. The Hall–Kier alpha value is -4.20. The summed E-state index contributed by atoms with van der Waals surface area (Å²) in [7, 11) is 1.36. The van der Waals surface area contributed by atoms with Crippen LogP contribution in [0.4, 0.5) is 0 Å². The minimum atomic E-state index is -0.533. The fourth-order valence-corrected chi connectivity index (χ4v) is 4.67. The molecule has 1 fully saturated rings. The van der Waals surface area contributed by atoms with Crippen molar-refractivity contribution in [2.75, 3.05) is 13.7 Å². The van der Waals surface area contributed by atoms with Gasteiger partial charge < -0.3 is 20.4 Å². The van der Waals surface area contributed by atoms with Gasteiger partial charge in [0, 0.05) is 36.0 Å². The first kappa shape index (κ1) is 23.9. The van der Waals surface area contributed by atoms with Crippen LogP contribution in [0.1, 0.15) is 34.3 Å². The summed E-state index contributed by atoms with van der Waals surface area (Å²) in [5.74, 6) is -1.07. The molecule has 0 radical (unpaired) electrons. The number of nitrogen functional groups attached to an aromatic ring is 1. The molecule has 2 aromatic carbocycles. The number of nitrogens with zero attached hydrogens (tertiary/aromatic N) is 1.